The van der Waals surface area contributed by atoms with E-state index in [4.69, 9.17) is 0 Å². The summed E-state index contributed by atoms with van der Waals surface area (Å²) in [6.45, 7) is 3.02. The molecule has 0 aromatic heterocycles. The van der Waals surface area contributed by atoms with E-state index in [1.165, 1.54) is 0 Å². The van der Waals surface area contributed by atoms with Crippen molar-refractivity contribution in [2.45, 2.75) is 37.5 Å². The quantitative estimate of drug-likeness (QED) is 0.654. The average molecular weight is 206 g/mol. The molecule has 0 aliphatic heterocycles. The Hall–Kier alpha value is -0.510. The van der Waals surface area contributed by atoms with Gasteiger partial charge in [-0.15, -0.1) is 0 Å². The first-order valence-electron chi connectivity index (χ1n) is 4.84. The van der Waals surface area contributed by atoms with Crippen LogP contribution in [-0.2, 0) is 0 Å². The first kappa shape index (κ1) is 10.0. The Kier molecular flexibility index (Phi) is 1.97. The third kappa shape index (κ3) is 1.36. The van der Waals surface area contributed by atoms with Gasteiger partial charge in [0.25, 0.3) is 0 Å². The van der Waals surface area contributed by atoms with Crippen molar-refractivity contribution in [1.82, 2.24) is 0 Å². The van der Waals surface area contributed by atoms with Crippen LogP contribution in [-0.4, -0.2) is 16.9 Å². The van der Waals surface area contributed by atoms with E-state index in [0.717, 1.165) is 12.8 Å². The number of alkyl halides is 3. The van der Waals surface area contributed by atoms with Crippen molar-refractivity contribution >= 4 is 0 Å². The van der Waals surface area contributed by atoms with E-state index in [0.29, 0.717) is 12.3 Å². The number of fused-ring (bicyclic) bond motifs is 1. The van der Waals surface area contributed by atoms with Gasteiger partial charge in [0.1, 0.15) is 0 Å². The zero-order chi connectivity index (χ0) is 10.6. The summed E-state index contributed by atoms with van der Waals surface area (Å²) in [6.07, 6.45) is -1.89. The molecule has 2 aliphatic carbocycles. The van der Waals surface area contributed by atoms with Crippen LogP contribution in [0.1, 0.15) is 25.7 Å². The number of rotatable bonds is 1. The fourth-order valence-corrected chi connectivity index (χ4v) is 2.59. The van der Waals surface area contributed by atoms with E-state index in [1.807, 2.05) is 0 Å². The van der Waals surface area contributed by atoms with Gasteiger partial charge in [-0.3, -0.25) is 0 Å². The second kappa shape index (κ2) is 2.75. The van der Waals surface area contributed by atoms with Crippen molar-refractivity contribution in [1.29, 1.82) is 0 Å². The summed E-state index contributed by atoms with van der Waals surface area (Å²) in [5, 5.41) is 9.97. The first-order valence-corrected chi connectivity index (χ1v) is 4.84. The van der Waals surface area contributed by atoms with Gasteiger partial charge < -0.3 is 5.11 Å². The Morgan fingerprint density at radius 3 is 2.64 bits per heavy atom. The summed E-state index contributed by atoms with van der Waals surface area (Å²) < 4.78 is 37.2. The molecule has 0 bridgehead atoms. The maximum absolute atomic E-state index is 12.4. The van der Waals surface area contributed by atoms with Gasteiger partial charge in [-0.2, -0.15) is 13.2 Å². The molecule has 1 N–H and O–H groups in total. The van der Waals surface area contributed by atoms with Gasteiger partial charge in [-0.25, -0.2) is 0 Å². The van der Waals surface area contributed by atoms with E-state index < -0.39 is 17.4 Å². The Bertz CT molecular complexity index is 271. The zero-order valence-corrected chi connectivity index (χ0v) is 7.77. The second-order valence-electron chi connectivity index (χ2n) is 4.40. The molecule has 2 rings (SSSR count). The molecule has 0 amide bonds. The fourth-order valence-electron chi connectivity index (χ4n) is 2.59. The normalized spacial score (nSPS) is 41.7. The van der Waals surface area contributed by atoms with Gasteiger partial charge in [0.05, 0.1) is 11.2 Å². The van der Waals surface area contributed by atoms with Crippen LogP contribution in [0.4, 0.5) is 13.2 Å². The summed E-state index contributed by atoms with van der Waals surface area (Å²) in [5.74, 6) is 0.109. The minimum Gasteiger partial charge on any atom is -0.385 e. The number of halogens is 3. The predicted octanol–water partition coefficient (Wildman–Crippen LogP) is 2.66. The Morgan fingerprint density at radius 1 is 1.43 bits per heavy atom. The standard InChI is InChI=1S/C10H13F3O/c1-6(10(11,12)13)9(14)4-2-3-7-5-8(7)9/h7-8,14H,1-5H2. The molecular weight excluding hydrogens is 193 g/mol. The summed E-state index contributed by atoms with van der Waals surface area (Å²) in [4.78, 5) is 0. The largest absolute Gasteiger partial charge is 0.414 e. The van der Waals surface area contributed by atoms with Gasteiger partial charge in [-0.1, -0.05) is 6.58 Å². The molecule has 0 saturated heterocycles. The molecule has 2 saturated carbocycles. The Morgan fingerprint density at radius 2 is 2.07 bits per heavy atom. The molecule has 1 nitrogen and oxygen atoms in total. The number of hydrogen-bond donors (Lipinski definition) is 1. The van der Waals surface area contributed by atoms with E-state index in [1.54, 1.807) is 0 Å². The Labute approximate surface area is 80.6 Å². The van der Waals surface area contributed by atoms with Crippen LogP contribution in [0.5, 0.6) is 0 Å². The fraction of sp³-hybridized carbons (Fsp3) is 0.800. The highest BCUT2D eigenvalue weighted by Gasteiger charge is 2.59. The maximum atomic E-state index is 12.4. The van der Waals surface area contributed by atoms with Crippen LogP contribution in [0.25, 0.3) is 0 Å². The van der Waals surface area contributed by atoms with E-state index >= 15 is 0 Å². The van der Waals surface area contributed by atoms with Crippen LogP contribution in [0.2, 0.25) is 0 Å². The van der Waals surface area contributed by atoms with Gasteiger partial charge in [-0.05, 0) is 37.5 Å². The summed E-state index contributed by atoms with van der Waals surface area (Å²) in [5.41, 5.74) is -2.61. The minimum absolute atomic E-state index is 0.189. The average Bonchev–Trinajstić information content (AvgIpc) is 2.81. The zero-order valence-electron chi connectivity index (χ0n) is 7.77. The highest BCUT2D eigenvalue weighted by molar-refractivity contribution is 5.25. The summed E-state index contributed by atoms with van der Waals surface area (Å²) in [6, 6.07) is 0. The van der Waals surface area contributed by atoms with Crippen LogP contribution >= 0.6 is 0 Å². The van der Waals surface area contributed by atoms with Crippen molar-refractivity contribution in [3.05, 3.63) is 12.2 Å². The number of aliphatic hydroxyl groups is 1. The van der Waals surface area contributed by atoms with Crippen molar-refractivity contribution in [3.63, 3.8) is 0 Å². The molecule has 80 valence electrons. The highest BCUT2D eigenvalue weighted by atomic mass is 19.4. The lowest BCUT2D eigenvalue weighted by Gasteiger charge is -2.34. The molecular formula is C10H13F3O. The topological polar surface area (TPSA) is 20.2 Å². The maximum Gasteiger partial charge on any atom is 0.414 e. The first-order chi connectivity index (χ1) is 6.36. The third-order valence-electron chi connectivity index (χ3n) is 3.53. The van der Waals surface area contributed by atoms with Gasteiger partial charge in [0.2, 0.25) is 0 Å². The minimum atomic E-state index is -4.46. The van der Waals surface area contributed by atoms with Gasteiger partial charge in [0.15, 0.2) is 0 Å². The molecule has 0 radical (unpaired) electrons. The molecule has 0 aromatic carbocycles. The molecule has 3 atom stereocenters. The van der Waals surface area contributed by atoms with Gasteiger partial charge >= 0.3 is 6.18 Å². The van der Waals surface area contributed by atoms with Crippen molar-refractivity contribution in [2.24, 2.45) is 11.8 Å². The van der Waals surface area contributed by atoms with Gasteiger partial charge in [0, 0.05) is 0 Å². The highest BCUT2D eigenvalue weighted by Crippen LogP contribution is 2.58. The lowest BCUT2D eigenvalue weighted by atomic mass is 9.79. The summed E-state index contributed by atoms with van der Waals surface area (Å²) >= 11 is 0. The van der Waals surface area contributed by atoms with E-state index in [-0.39, 0.29) is 12.3 Å². The van der Waals surface area contributed by atoms with E-state index in [9.17, 15) is 18.3 Å². The lowest BCUT2D eigenvalue weighted by molar-refractivity contribution is -0.128. The molecule has 14 heavy (non-hydrogen) atoms. The van der Waals surface area contributed by atoms with Crippen LogP contribution in [0.3, 0.4) is 0 Å². The predicted molar refractivity (Wildman–Crippen MR) is 45.6 cm³/mol. The molecule has 2 fully saturated rings. The molecule has 3 unspecified atom stereocenters. The Balaban J connectivity index is 2.19. The van der Waals surface area contributed by atoms with Crippen LogP contribution in [0.15, 0.2) is 12.2 Å². The van der Waals surface area contributed by atoms with E-state index in [2.05, 4.69) is 6.58 Å². The lowest BCUT2D eigenvalue weighted by Crippen LogP contribution is -2.41. The third-order valence-corrected chi connectivity index (χ3v) is 3.53. The molecule has 0 heterocycles. The number of hydrogen-bond acceptors (Lipinski definition) is 1. The van der Waals surface area contributed by atoms with Crippen molar-refractivity contribution in [3.8, 4) is 0 Å². The van der Waals surface area contributed by atoms with Crippen LogP contribution < -0.4 is 0 Å². The van der Waals surface area contributed by atoms with Crippen molar-refractivity contribution in [2.75, 3.05) is 0 Å². The van der Waals surface area contributed by atoms with Crippen molar-refractivity contribution < 1.29 is 18.3 Å². The second-order valence-corrected chi connectivity index (χ2v) is 4.40. The molecule has 0 aromatic rings. The smallest absolute Gasteiger partial charge is 0.385 e. The molecule has 0 spiro atoms. The van der Waals surface area contributed by atoms with Crippen LogP contribution in [0, 0.1) is 11.8 Å². The SMILES string of the molecule is C=C(C(F)(F)F)C1(O)CCCC2CC21. The summed E-state index contributed by atoms with van der Waals surface area (Å²) in [7, 11) is 0. The monoisotopic (exact) mass is 206 g/mol. The molecule has 4 heteroatoms. The molecule has 2 aliphatic rings.